The average Bonchev–Trinajstić information content (AvgIpc) is 3.06. The quantitative estimate of drug-likeness (QED) is 0.704. The van der Waals surface area contributed by atoms with E-state index in [0.29, 0.717) is 6.04 Å². The predicted molar refractivity (Wildman–Crippen MR) is 111 cm³/mol. The van der Waals surface area contributed by atoms with Crippen LogP contribution in [0.1, 0.15) is 47.3 Å². The van der Waals surface area contributed by atoms with E-state index in [2.05, 4.69) is 15.3 Å². The minimum atomic E-state index is 0.0238. The van der Waals surface area contributed by atoms with Crippen molar-refractivity contribution in [1.82, 2.24) is 15.3 Å². The Kier molecular flexibility index (Phi) is 5.07. The Balaban J connectivity index is 1.68. The van der Waals surface area contributed by atoms with Crippen LogP contribution in [0.25, 0.3) is 10.2 Å². The molecule has 6 heteroatoms. The maximum absolute atomic E-state index is 12.9. The van der Waals surface area contributed by atoms with Crippen LogP contribution >= 0.6 is 11.3 Å². The van der Waals surface area contributed by atoms with E-state index in [1.165, 1.54) is 30.6 Å². The molecule has 0 spiro atoms. The van der Waals surface area contributed by atoms with E-state index < -0.39 is 0 Å². The Bertz CT molecular complexity index is 947. The van der Waals surface area contributed by atoms with Crippen LogP contribution in [0.5, 0.6) is 0 Å². The molecule has 0 aliphatic heterocycles. The topological polar surface area (TPSA) is 58.1 Å². The van der Waals surface area contributed by atoms with Crippen molar-refractivity contribution in [2.24, 2.45) is 0 Å². The number of nitrogens with one attached hydrogen (secondary N) is 1. The highest BCUT2D eigenvalue weighted by Crippen LogP contribution is 2.36. The summed E-state index contributed by atoms with van der Waals surface area (Å²) in [5.41, 5.74) is 2.01. The number of anilines is 2. The van der Waals surface area contributed by atoms with Gasteiger partial charge >= 0.3 is 0 Å². The van der Waals surface area contributed by atoms with Gasteiger partial charge in [-0.2, -0.15) is 0 Å². The average molecular weight is 381 g/mol. The minimum Gasteiger partial charge on any atom is -0.349 e. The summed E-state index contributed by atoms with van der Waals surface area (Å²) in [5, 5.41) is 4.19. The lowest BCUT2D eigenvalue weighted by molar-refractivity contribution is 0.0931. The number of nitrogens with zero attached hydrogens (tertiary/aromatic N) is 3. The first kappa shape index (κ1) is 17.9. The SMILES string of the molecule is Cc1c(C(=O)NC2CCCCC2)sc2ncnc(N(C)c3ccccc3)c12. The number of hydrogen-bond donors (Lipinski definition) is 1. The third kappa shape index (κ3) is 3.54. The van der Waals surface area contributed by atoms with E-state index in [4.69, 9.17) is 0 Å². The van der Waals surface area contributed by atoms with Crippen LogP contribution in [-0.2, 0) is 0 Å². The van der Waals surface area contributed by atoms with Gasteiger partial charge in [-0.3, -0.25) is 4.79 Å². The van der Waals surface area contributed by atoms with E-state index in [1.807, 2.05) is 49.2 Å². The molecule has 140 valence electrons. The van der Waals surface area contributed by atoms with E-state index in [1.54, 1.807) is 6.33 Å². The molecule has 2 heterocycles. The highest BCUT2D eigenvalue weighted by atomic mass is 32.1. The normalized spacial score (nSPS) is 15.0. The summed E-state index contributed by atoms with van der Waals surface area (Å²) in [6, 6.07) is 10.4. The Morgan fingerprint density at radius 2 is 1.89 bits per heavy atom. The van der Waals surface area contributed by atoms with Gasteiger partial charge in [-0.25, -0.2) is 9.97 Å². The number of rotatable bonds is 4. The number of aromatic nitrogens is 2. The molecule has 0 atom stereocenters. The first-order chi connectivity index (χ1) is 13.1. The van der Waals surface area contributed by atoms with Gasteiger partial charge in [-0.1, -0.05) is 37.5 Å². The molecule has 1 saturated carbocycles. The van der Waals surface area contributed by atoms with Gasteiger partial charge in [0.15, 0.2) is 0 Å². The first-order valence-corrected chi connectivity index (χ1v) is 10.3. The second-order valence-corrected chi connectivity index (χ2v) is 8.14. The summed E-state index contributed by atoms with van der Waals surface area (Å²) in [5.74, 6) is 0.854. The van der Waals surface area contributed by atoms with Gasteiger partial charge in [0, 0.05) is 18.8 Å². The summed E-state index contributed by atoms with van der Waals surface area (Å²) in [6.45, 7) is 2.00. The lowest BCUT2D eigenvalue weighted by Crippen LogP contribution is -2.36. The second kappa shape index (κ2) is 7.64. The van der Waals surface area contributed by atoms with Crippen molar-refractivity contribution >= 4 is 39.0 Å². The molecule has 1 aromatic carbocycles. The summed E-state index contributed by atoms with van der Waals surface area (Å²) in [4.78, 5) is 25.5. The molecule has 4 rings (SSSR count). The molecule has 0 radical (unpaired) electrons. The van der Waals surface area contributed by atoms with E-state index >= 15 is 0 Å². The zero-order valence-corrected chi connectivity index (χ0v) is 16.6. The maximum Gasteiger partial charge on any atom is 0.261 e. The number of thiophene rings is 1. The molecule has 1 amide bonds. The van der Waals surface area contributed by atoms with E-state index in [-0.39, 0.29) is 5.91 Å². The lowest BCUT2D eigenvalue weighted by Gasteiger charge is -2.22. The monoisotopic (exact) mass is 380 g/mol. The van der Waals surface area contributed by atoms with Gasteiger partial charge in [-0.05, 0) is 37.5 Å². The minimum absolute atomic E-state index is 0.0238. The van der Waals surface area contributed by atoms with E-state index in [0.717, 1.165) is 45.0 Å². The number of carbonyl (C=O) groups excluding carboxylic acids is 1. The fourth-order valence-corrected chi connectivity index (χ4v) is 4.84. The van der Waals surface area contributed by atoms with Crippen LogP contribution in [0, 0.1) is 6.92 Å². The second-order valence-electron chi connectivity index (χ2n) is 7.14. The van der Waals surface area contributed by atoms with Gasteiger partial charge in [0.2, 0.25) is 0 Å². The molecule has 3 aromatic rings. The third-order valence-electron chi connectivity index (χ3n) is 5.31. The van der Waals surface area contributed by atoms with Crippen molar-refractivity contribution < 1.29 is 4.79 Å². The van der Waals surface area contributed by atoms with Crippen molar-refractivity contribution in [3.63, 3.8) is 0 Å². The van der Waals surface area contributed by atoms with Crippen molar-refractivity contribution in [2.45, 2.75) is 45.1 Å². The largest absolute Gasteiger partial charge is 0.349 e. The third-order valence-corrected chi connectivity index (χ3v) is 6.51. The molecule has 1 aliphatic rings. The van der Waals surface area contributed by atoms with Gasteiger partial charge in [-0.15, -0.1) is 11.3 Å². The number of aryl methyl sites for hydroxylation is 1. The number of amides is 1. The van der Waals surface area contributed by atoms with Crippen LogP contribution < -0.4 is 10.2 Å². The van der Waals surface area contributed by atoms with Gasteiger partial charge in [0.25, 0.3) is 5.91 Å². The number of fused-ring (bicyclic) bond motifs is 1. The first-order valence-electron chi connectivity index (χ1n) is 9.49. The molecule has 1 N–H and O–H groups in total. The number of carbonyl (C=O) groups is 1. The van der Waals surface area contributed by atoms with E-state index in [9.17, 15) is 4.79 Å². The molecule has 0 saturated heterocycles. The molecule has 0 bridgehead atoms. The molecule has 1 aliphatic carbocycles. The van der Waals surface area contributed by atoms with Crippen LogP contribution in [-0.4, -0.2) is 29.0 Å². The van der Waals surface area contributed by atoms with Gasteiger partial charge in [0.1, 0.15) is 17.0 Å². The molecule has 0 unspecified atom stereocenters. The Morgan fingerprint density at radius 1 is 1.15 bits per heavy atom. The van der Waals surface area contributed by atoms with Gasteiger partial charge in [0.05, 0.1) is 10.3 Å². The van der Waals surface area contributed by atoms with Crippen LogP contribution in [0.2, 0.25) is 0 Å². The smallest absolute Gasteiger partial charge is 0.261 e. The summed E-state index contributed by atoms with van der Waals surface area (Å²) in [7, 11) is 2.00. The molecular formula is C21H24N4OS. The maximum atomic E-state index is 12.9. The fraction of sp³-hybridized carbons (Fsp3) is 0.381. The standard InChI is InChI=1S/C21H24N4OS/c1-14-17-19(25(2)16-11-7-4-8-12-16)22-13-23-21(17)27-18(14)20(26)24-15-9-5-3-6-10-15/h4,7-8,11-13,15H,3,5-6,9-10H2,1-2H3,(H,24,26). The summed E-state index contributed by atoms with van der Waals surface area (Å²) < 4.78 is 0. The Morgan fingerprint density at radius 3 is 2.63 bits per heavy atom. The number of hydrogen-bond acceptors (Lipinski definition) is 5. The lowest BCUT2D eigenvalue weighted by atomic mass is 9.95. The molecule has 5 nitrogen and oxygen atoms in total. The predicted octanol–water partition coefficient (Wildman–Crippen LogP) is 4.83. The van der Waals surface area contributed by atoms with Crippen LogP contribution in [0.3, 0.4) is 0 Å². The Hall–Kier alpha value is -2.47. The van der Waals surface area contributed by atoms with Gasteiger partial charge < -0.3 is 10.2 Å². The summed E-state index contributed by atoms with van der Waals surface area (Å²) in [6.07, 6.45) is 7.42. The highest BCUT2D eigenvalue weighted by molar-refractivity contribution is 7.20. The fourth-order valence-electron chi connectivity index (χ4n) is 3.80. The number of benzene rings is 1. The van der Waals surface area contributed by atoms with Crippen molar-refractivity contribution in [1.29, 1.82) is 0 Å². The van der Waals surface area contributed by atoms with Crippen LogP contribution in [0.15, 0.2) is 36.7 Å². The molecular weight excluding hydrogens is 356 g/mol. The van der Waals surface area contributed by atoms with Crippen molar-refractivity contribution in [2.75, 3.05) is 11.9 Å². The van der Waals surface area contributed by atoms with Crippen molar-refractivity contribution in [3.8, 4) is 0 Å². The summed E-state index contributed by atoms with van der Waals surface area (Å²) >= 11 is 1.46. The zero-order valence-electron chi connectivity index (χ0n) is 15.7. The molecule has 2 aromatic heterocycles. The highest BCUT2D eigenvalue weighted by Gasteiger charge is 2.23. The Labute approximate surface area is 163 Å². The van der Waals surface area contributed by atoms with Crippen LogP contribution in [0.4, 0.5) is 11.5 Å². The molecule has 27 heavy (non-hydrogen) atoms. The van der Waals surface area contributed by atoms with Crippen molar-refractivity contribution in [3.05, 3.63) is 47.1 Å². The number of para-hydroxylation sites is 1. The molecule has 1 fully saturated rings. The zero-order chi connectivity index (χ0) is 18.8.